The molecule has 2 nitrogen and oxygen atoms in total. The smallest absolute Gasteiger partial charge is 0.239 e. The van der Waals surface area contributed by atoms with Gasteiger partial charge in [0, 0.05) is 5.69 Å². The number of carbonyl (C=O) groups is 1. The van der Waals surface area contributed by atoms with Crippen LogP contribution < -0.4 is 5.32 Å². The summed E-state index contributed by atoms with van der Waals surface area (Å²) >= 11 is 5.36. The van der Waals surface area contributed by atoms with Gasteiger partial charge in [0.1, 0.15) is 5.88 Å². The Morgan fingerprint density at radius 3 is 2.62 bits per heavy atom. The molecule has 0 aliphatic rings. The SMILES string of the molecule is Cc1ccc(NC(=O)CCl)cc1C. The van der Waals surface area contributed by atoms with Gasteiger partial charge >= 0.3 is 0 Å². The van der Waals surface area contributed by atoms with Gasteiger partial charge in [0.15, 0.2) is 0 Å². The molecule has 0 heterocycles. The number of halogens is 1. The Kier molecular flexibility index (Phi) is 3.32. The molecule has 70 valence electrons. The summed E-state index contributed by atoms with van der Waals surface area (Å²) in [5.74, 6) is -0.183. The quantitative estimate of drug-likeness (QED) is 0.726. The Morgan fingerprint density at radius 1 is 1.38 bits per heavy atom. The lowest BCUT2D eigenvalue weighted by Gasteiger charge is -2.05. The van der Waals surface area contributed by atoms with E-state index in [0.717, 1.165) is 11.3 Å². The van der Waals surface area contributed by atoms with Crippen LogP contribution >= 0.6 is 11.6 Å². The monoisotopic (exact) mass is 197 g/mol. The van der Waals surface area contributed by atoms with Crippen molar-refractivity contribution in [1.29, 1.82) is 0 Å². The summed E-state index contributed by atoms with van der Waals surface area (Å²) in [7, 11) is 0. The van der Waals surface area contributed by atoms with Crippen LogP contribution in [0, 0.1) is 13.8 Å². The fraction of sp³-hybridized carbons (Fsp3) is 0.300. The largest absolute Gasteiger partial charge is 0.325 e. The third-order valence-electron chi connectivity index (χ3n) is 1.91. The molecule has 0 aliphatic carbocycles. The first-order chi connectivity index (χ1) is 6.13. The normalized spacial score (nSPS) is 9.77. The van der Waals surface area contributed by atoms with Gasteiger partial charge in [0.2, 0.25) is 5.91 Å². The van der Waals surface area contributed by atoms with Crippen molar-refractivity contribution in [1.82, 2.24) is 0 Å². The second kappa shape index (κ2) is 4.28. The van der Waals surface area contributed by atoms with E-state index >= 15 is 0 Å². The van der Waals surface area contributed by atoms with Gasteiger partial charge in [0.05, 0.1) is 0 Å². The van der Waals surface area contributed by atoms with Crippen LogP contribution in [0.2, 0.25) is 0 Å². The highest BCUT2D eigenvalue weighted by Crippen LogP contribution is 2.13. The van der Waals surface area contributed by atoms with Crippen molar-refractivity contribution in [3.63, 3.8) is 0 Å². The summed E-state index contributed by atoms with van der Waals surface area (Å²) < 4.78 is 0. The van der Waals surface area contributed by atoms with Crippen LogP contribution in [0.25, 0.3) is 0 Å². The predicted octanol–water partition coefficient (Wildman–Crippen LogP) is 2.48. The molecule has 1 aromatic rings. The standard InChI is InChI=1S/C10H12ClNO/c1-7-3-4-9(5-8(7)2)12-10(13)6-11/h3-5H,6H2,1-2H3,(H,12,13). The Hall–Kier alpha value is -1.02. The van der Waals surface area contributed by atoms with E-state index in [0.29, 0.717) is 0 Å². The lowest BCUT2D eigenvalue weighted by atomic mass is 10.1. The molecular weight excluding hydrogens is 186 g/mol. The first-order valence-corrected chi connectivity index (χ1v) is 4.60. The van der Waals surface area contributed by atoms with Crippen LogP contribution in [0.15, 0.2) is 18.2 Å². The van der Waals surface area contributed by atoms with Crippen LogP contribution in [0.3, 0.4) is 0 Å². The number of aryl methyl sites for hydroxylation is 2. The minimum Gasteiger partial charge on any atom is -0.325 e. The fourth-order valence-electron chi connectivity index (χ4n) is 1.01. The van der Waals surface area contributed by atoms with Crippen LogP contribution in [-0.4, -0.2) is 11.8 Å². The fourth-order valence-corrected chi connectivity index (χ4v) is 1.08. The molecule has 0 saturated carbocycles. The molecule has 0 bridgehead atoms. The van der Waals surface area contributed by atoms with Gasteiger partial charge < -0.3 is 5.32 Å². The Labute approximate surface area is 82.9 Å². The summed E-state index contributed by atoms with van der Waals surface area (Å²) in [5, 5.41) is 2.69. The first-order valence-electron chi connectivity index (χ1n) is 4.06. The van der Waals surface area contributed by atoms with Gasteiger partial charge in [0.25, 0.3) is 0 Å². The molecule has 3 heteroatoms. The van der Waals surface area contributed by atoms with Gasteiger partial charge in [-0.25, -0.2) is 0 Å². The maximum absolute atomic E-state index is 10.9. The zero-order valence-electron chi connectivity index (χ0n) is 7.73. The highest BCUT2D eigenvalue weighted by Gasteiger charge is 2.00. The molecule has 0 radical (unpaired) electrons. The molecule has 0 aromatic heterocycles. The number of nitrogens with one attached hydrogen (secondary N) is 1. The number of alkyl halides is 1. The second-order valence-electron chi connectivity index (χ2n) is 2.98. The number of amides is 1. The number of anilines is 1. The second-order valence-corrected chi connectivity index (χ2v) is 3.25. The lowest BCUT2D eigenvalue weighted by Crippen LogP contribution is -2.12. The van der Waals surface area contributed by atoms with E-state index in [2.05, 4.69) is 5.32 Å². The van der Waals surface area contributed by atoms with Gasteiger partial charge in [-0.15, -0.1) is 11.6 Å². The third-order valence-corrected chi connectivity index (χ3v) is 2.15. The van der Waals surface area contributed by atoms with Crippen molar-refractivity contribution in [2.75, 3.05) is 11.2 Å². The molecule has 0 atom stereocenters. The summed E-state index contributed by atoms with van der Waals surface area (Å²) in [6.45, 7) is 4.04. The van der Waals surface area contributed by atoms with Crippen LogP contribution in [-0.2, 0) is 4.79 Å². The average molecular weight is 198 g/mol. The van der Waals surface area contributed by atoms with Crippen molar-refractivity contribution in [2.45, 2.75) is 13.8 Å². The molecule has 1 N–H and O–H groups in total. The summed E-state index contributed by atoms with van der Waals surface area (Å²) in [6.07, 6.45) is 0. The van der Waals surface area contributed by atoms with Crippen LogP contribution in [0.5, 0.6) is 0 Å². The zero-order valence-corrected chi connectivity index (χ0v) is 8.48. The Balaban J connectivity index is 2.79. The summed E-state index contributed by atoms with van der Waals surface area (Å²) in [4.78, 5) is 10.9. The summed E-state index contributed by atoms with van der Waals surface area (Å²) in [5.41, 5.74) is 3.17. The molecule has 0 aliphatic heterocycles. The molecule has 0 unspecified atom stereocenters. The molecule has 1 rings (SSSR count). The predicted molar refractivity (Wildman–Crippen MR) is 55.3 cm³/mol. The molecule has 1 amide bonds. The molecule has 0 spiro atoms. The van der Waals surface area contributed by atoms with E-state index in [1.54, 1.807) is 0 Å². The van der Waals surface area contributed by atoms with E-state index < -0.39 is 0 Å². The van der Waals surface area contributed by atoms with Gasteiger partial charge in [-0.1, -0.05) is 6.07 Å². The zero-order chi connectivity index (χ0) is 9.84. The molecule has 1 aromatic carbocycles. The summed E-state index contributed by atoms with van der Waals surface area (Å²) in [6, 6.07) is 5.77. The lowest BCUT2D eigenvalue weighted by molar-refractivity contribution is -0.113. The van der Waals surface area contributed by atoms with E-state index in [9.17, 15) is 4.79 Å². The Bertz CT molecular complexity index is 323. The Morgan fingerprint density at radius 2 is 2.08 bits per heavy atom. The van der Waals surface area contributed by atoms with E-state index in [1.807, 2.05) is 32.0 Å². The highest BCUT2D eigenvalue weighted by molar-refractivity contribution is 6.29. The number of hydrogen-bond acceptors (Lipinski definition) is 1. The first kappa shape index (κ1) is 10.1. The minimum atomic E-state index is -0.176. The van der Waals surface area contributed by atoms with E-state index in [1.165, 1.54) is 5.56 Å². The van der Waals surface area contributed by atoms with Crippen molar-refractivity contribution in [3.05, 3.63) is 29.3 Å². The van der Waals surface area contributed by atoms with E-state index in [-0.39, 0.29) is 11.8 Å². The average Bonchev–Trinajstić information content (AvgIpc) is 2.11. The number of rotatable bonds is 2. The number of benzene rings is 1. The van der Waals surface area contributed by atoms with Crippen LogP contribution in [0.4, 0.5) is 5.69 Å². The van der Waals surface area contributed by atoms with Crippen LogP contribution in [0.1, 0.15) is 11.1 Å². The topological polar surface area (TPSA) is 29.1 Å². The van der Waals surface area contributed by atoms with Gasteiger partial charge in [-0.3, -0.25) is 4.79 Å². The maximum Gasteiger partial charge on any atom is 0.239 e. The third kappa shape index (κ3) is 2.74. The molecule has 0 fully saturated rings. The van der Waals surface area contributed by atoms with Crippen molar-refractivity contribution in [2.24, 2.45) is 0 Å². The minimum absolute atomic E-state index is 0.00702. The number of hydrogen-bond donors (Lipinski definition) is 1. The molecule has 13 heavy (non-hydrogen) atoms. The van der Waals surface area contributed by atoms with Gasteiger partial charge in [-0.2, -0.15) is 0 Å². The van der Waals surface area contributed by atoms with Gasteiger partial charge in [-0.05, 0) is 37.1 Å². The van der Waals surface area contributed by atoms with Crippen molar-refractivity contribution >= 4 is 23.2 Å². The molecule has 0 saturated heterocycles. The van der Waals surface area contributed by atoms with Crippen molar-refractivity contribution in [3.8, 4) is 0 Å². The molecular formula is C10H12ClNO. The number of carbonyl (C=O) groups excluding carboxylic acids is 1. The maximum atomic E-state index is 10.9. The van der Waals surface area contributed by atoms with E-state index in [4.69, 9.17) is 11.6 Å². The van der Waals surface area contributed by atoms with Crippen molar-refractivity contribution < 1.29 is 4.79 Å². The highest BCUT2D eigenvalue weighted by atomic mass is 35.5.